The first-order chi connectivity index (χ1) is 15.5. The van der Waals surface area contributed by atoms with Gasteiger partial charge in [-0.25, -0.2) is 0 Å². The highest BCUT2D eigenvalue weighted by molar-refractivity contribution is 5.85. The lowest BCUT2D eigenvalue weighted by molar-refractivity contribution is -0.137. The summed E-state index contributed by atoms with van der Waals surface area (Å²) in [6, 6.07) is 19.5. The van der Waals surface area contributed by atoms with Crippen LogP contribution in [0.1, 0.15) is 69.6 Å². The van der Waals surface area contributed by atoms with Crippen LogP contribution in [0.2, 0.25) is 0 Å². The molecule has 0 aromatic heterocycles. The molecule has 0 saturated heterocycles. The van der Waals surface area contributed by atoms with Crippen molar-refractivity contribution in [2.24, 2.45) is 5.92 Å². The van der Waals surface area contributed by atoms with Gasteiger partial charge in [-0.3, -0.25) is 4.79 Å². The zero-order chi connectivity index (χ0) is 24.3. The van der Waals surface area contributed by atoms with Gasteiger partial charge in [0.1, 0.15) is 5.78 Å². The van der Waals surface area contributed by atoms with Crippen LogP contribution in [0.15, 0.2) is 66.7 Å². The standard InChI is InChI=1S/C29H31F3O/c1-18(2)14-28(20(5)33)26-16-24(22-8-6-21(7-9-22)19(3)4)15-25(17-26)23-10-12-27(13-11-23)29(30,31)32/h6-13,15-19,28H,14H2,1-5H3. The van der Waals surface area contributed by atoms with Crippen LogP contribution >= 0.6 is 0 Å². The van der Waals surface area contributed by atoms with E-state index in [-0.39, 0.29) is 11.7 Å². The van der Waals surface area contributed by atoms with Crippen molar-refractivity contribution in [1.29, 1.82) is 0 Å². The Kier molecular flexibility index (Phi) is 7.46. The van der Waals surface area contributed by atoms with Gasteiger partial charge in [-0.05, 0) is 76.8 Å². The number of hydrogen-bond donors (Lipinski definition) is 0. The minimum absolute atomic E-state index is 0.0920. The second-order valence-electron chi connectivity index (χ2n) is 9.49. The van der Waals surface area contributed by atoms with Crippen LogP contribution in [0.25, 0.3) is 22.3 Å². The van der Waals surface area contributed by atoms with Crippen molar-refractivity contribution in [3.05, 3.63) is 83.4 Å². The highest BCUT2D eigenvalue weighted by Gasteiger charge is 2.30. The molecule has 0 aliphatic carbocycles. The molecule has 0 bridgehead atoms. The molecular formula is C29H31F3O. The Morgan fingerprint density at radius 1 is 0.727 bits per heavy atom. The Morgan fingerprint density at radius 2 is 1.21 bits per heavy atom. The Morgan fingerprint density at radius 3 is 1.61 bits per heavy atom. The molecule has 4 heteroatoms. The number of halogens is 3. The van der Waals surface area contributed by atoms with Crippen molar-refractivity contribution in [2.45, 2.75) is 59.1 Å². The average Bonchev–Trinajstić information content (AvgIpc) is 2.76. The molecule has 0 aliphatic heterocycles. The molecule has 1 nitrogen and oxygen atoms in total. The van der Waals surface area contributed by atoms with E-state index >= 15 is 0 Å². The molecule has 1 unspecified atom stereocenters. The Hall–Kier alpha value is -2.88. The molecule has 174 valence electrons. The summed E-state index contributed by atoms with van der Waals surface area (Å²) in [7, 11) is 0. The zero-order valence-corrected chi connectivity index (χ0v) is 19.8. The summed E-state index contributed by atoms with van der Waals surface area (Å²) in [5, 5.41) is 0. The van der Waals surface area contributed by atoms with Crippen LogP contribution in [0.3, 0.4) is 0 Å². The van der Waals surface area contributed by atoms with E-state index in [4.69, 9.17) is 0 Å². The van der Waals surface area contributed by atoms with Crippen LogP contribution in [-0.2, 0) is 11.0 Å². The summed E-state index contributed by atoms with van der Waals surface area (Å²) in [4.78, 5) is 12.5. The number of rotatable bonds is 7. The van der Waals surface area contributed by atoms with Crippen LogP contribution < -0.4 is 0 Å². The zero-order valence-electron chi connectivity index (χ0n) is 19.8. The monoisotopic (exact) mass is 452 g/mol. The maximum Gasteiger partial charge on any atom is 0.416 e. The lowest BCUT2D eigenvalue weighted by Crippen LogP contribution is -2.12. The summed E-state index contributed by atoms with van der Waals surface area (Å²) in [5.74, 6) is 0.589. The van der Waals surface area contributed by atoms with E-state index in [9.17, 15) is 18.0 Å². The predicted molar refractivity (Wildman–Crippen MR) is 129 cm³/mol. The van der Waals surface area contributed by atoms with Crippen molar-refractivity contribution < 1.29 is 18.0 Å². The lowest BCUT2D eigenvalue weighted by Gasteiger charge is -2.20. The number of carbonyl (C=O) groups is 1. The highest BCUT2D eigenvalue weighted by atomic mass is 19.4. The van der Waals surface area contributed by atoms with Gasteiger partial charge in [0, 0.05) is 5.92 Å². The molecule has 0 heterocycles. The van der Waals surface area contributed by atoms with E-state index in [0.29, 0.717) is 17.4 Å². The van der Waals surface area contributed by atoms with E-state index < -0.39 is 11.7 Å². The van der Waals surface area contributed by atoms with E-state index in [1.807, 2.05) is 18.2 Å². The summed E-state index contributed by atoms with van der Waals surface area (Å²) in [6.07, 6.45) is -3.65. The fraction of sp³-hybridized carbons (Fsp3) is 0.345. The Bertz CT molecular complexity index is 1090. The van der Waals surface area contributed by atoms with E-state index in [1.165, 1.54) is 17.7 Å². The molecule has 0 saturated carbocycles. The van der Waals surface area contributed by atoms with Crippen molar-refractivity contribution in [1.82, 2.24) is 0 Å². The average molecular weight is 453 g/mol. The molecule has 0 fully saturated rings. The molecule has 0 amide bonds. The van der Waals surface area contributed by atoms with Crippen LogP contribution in [0, 0.1) is 5.92 Å². The molecule has 3 rings (SSSR count). The Labute approximate surface area is 194 Å². The highest BCUT2D eigenvalue weighted by Crippen LogP contribution is 2.36. The van der Waals surface area contributed by atoms with Crippen molar-refractivity contribution >= 4 is 5.78 Å². The number of alkyl halides is 3. The number of hydrogen-bond acceptors (Lipinski definition) is 1. The molecule has 1 atom stereocenters. The second-order valence-corrected chi connectivity index (χ2v) is 9.49. The lowest BCUT2D eigenvalue weighted by atomic mass is 9.84. The first-order valence-electron chi connectivity index (χ1n) is 11.4. The quantitative estimate of drug-likeness (QED) is 0.350. The van der Waals surface area contributed by atoms with Gasteiger partial charge in [0.05, 0.1) is 5.56 Å². The third-order valence-corrected chi connectivity index (χ3v) is 6.01. The van der Waals surface area contributed by atoms with Gasteiger partial charge < -0.3 is 0 Å². The third-order valence-electron chi connectivity index (χ3n) is 6.01. The third kappa shape index (κ3) is 6.13. The summed E-state index contributed by atoms with van der Waals surface area (Å²) in [5.41, 5.74) is 4.93. The van der Waals surface area contributed by atoms with Gasteiger partial charge in [0.2, 0.25) is 0 Å². The molecule has 0 spiro atoms. The summed E-state index contributed by atoms with van der Waals surface area (Å²) >= 11 is 0. The van der Waals surface area contributed by atoms with Crippen molar-refractivity contribution in [3.8, 4) is 22.3 Å². The summed E-state index contributed by atoms with van der Waals surface area (Å²) in [6.45, 7) is 10.1. The summed E-state index contributed by atoms with van der Waals surface area (Å²) < 4.78 is 39.1. The molecule has 3 aromatic rings. The fourth-order valence-electron chi connectivity index (χ4n) is 4.11. The molecule has 3 aromatic carbocycles. The van der Waals surface area contributed by atoms with Crippen LogP contribution in [0.5, 0.6) is 0 Å². The number of benzene rings is 3. The van der Waals surface area contributed by atoms with Crippen molar-refractivity contribution in [3.63, 3.8) is 0 Å². The molecule has 0 N–H and O–H groups in total. The number of Topliss-reactive ketones (excluding diaryl/α,β-unsaturated/α-hetero) is 1. The van der Waals surface area contributed by atoms with Gasteiger partial charge in [-0.15, -0.1) is 0 Å². The van der Waals surface area contributed by atoms with Gasteiger partial charge in [-0.2, -0.15) is 13.2 Å². The normalized spacial score (nSPS) is 12.9. The van der Waals surface area contributed by atoms with Gasteiger partial charge in [0.15, 0.2) is 0 Å². The maximum absolute atomic E-state index is 13.0. The van der Waals surface area contributed by atoms with Gasteiger partial charge in [0.25, 0.3) is 0 Å². The van der Waals surface area contributed by atoms with E-state index in [2.05, 4.69) is 52.0 Å². The van der Waals surface area contributed by atoms with Crippen LogP contribution in [-0.4, -0.2) is 5.78 Å². The topological polar surface area (TPSA) is 17.1 Å². The predicted octanol–water partition coefficient (Wildman–Crippen LogP) is 8.88. The minimum Gasteiger partial charge on any atom is -0.299 e. The smallest absolute Gasteiger partial charge is 0.299 e. The second kappa shape index (κ2) is 9.94. The first kappa shape index (κ1) is 24.8. The first-order valence-corrected chi connectivity index (χ1v) is 11.4. The number of ketones is 1. The maximum atomic E-state index is 13.0. The van der Waals surface area contributed by atoms with E-state index in [1.54, 1.807) is 6.92 Å². The fourth-order valence-corrected chi connectivity index (χ4v) is 4.11. The minimum atomic E-state index is -4.37. The Balaban J connectivity index is 2.14. The van der Waals surface area contributed by atoms with Gasteiger partial charge >= 0.3 is 6.18 Å². The largest absolute Gasteiger partial charge is 0.416 e. The molecule has 0 radical (unpaired) electrons. The molecule has 33 heavy (non-hydrogen) atoms. The molecule has 0 aliphatic rings. The van der Waals surface area contributed by atoms with E-state index in [0.717, 1.165) is 40.8 Å². The SMILES string of the molecule is CC(=O)C(CC(C)C)c1cc(-c2ccc(C(C)C)cc2)cc(-c2ccc(C(F)(F)F)cc2)c1. The number of carbonyl (C=O) groups excluding carboxylic acids is 1. The van der Waals surface area contributed by atoms with Crippen molar-refractivity contribution in [2.75, 3.05) is 0 Å². The molecular weight excluding hydrogens is 421 g/mol. The van der Waals surface area contributed by atoms with Crippen LogP contribution in [0.4, 0.5) is 13.2 Å². The van der Waals surface area contributed by atoms with Gasteiger partial charge in [-0.1, -0.05) is 76.2 Å².